The number of nitrogens with zero attached hydrogens (tertiary/aromatic N) is 3. The van der Waals surface area contributed by atoms with Crippen LogP contribution in [0.4, 0.5) is 14.9 Å². The zero-order valence-corrected chi connectivity index (χ0v) is 22.8. The molecule has 0 radical (unpaired) electrons. The standard InChI is InChI=1S/C29H30FN3O7/c1-5-39-29(37)40-33-19-15-20(38-4)22(23-21(19)24(31(2)3)25(33)27(35)26(23)34)28(36)32-12-10-17(11-13-32)14-16-6-8-18(30)9-7-16/h6-9,15,17H,5,10-14H2,1-4H3. The van der Waals surface area contributed by atoms with Gasteiger partial charge in [0, 0.05) is 38.6 Å². The quantitative estimate of drug-likeness (QED) is 0.321. The molecule has 2 heterocycles. The number of carbonyl (C=O) groups is 4. The topological polar surface area (TPSA) is 107 Å². The molecule has 0 unspecified atom stereocenters. The lowest BCUT2D eigenvalue weighted by molar-refractivity contribution is 0.0518. The number of aromatic nitrogens is 1. The smallest absolute Gasteiger partial charge is 0.496 e. The minimum Gasteiger partial charge on any atom is -0.496 e. The largest absolute Gasteiger partial charge is 0.533 e. The normalized spacial score (nSPS) is 15.1. The fourth-order valence-electron chi connectivity index (χ4n) is 5.60. The van der Waals surface area contributed by atoms with Crippen LogP contribution in [0.5, 0.6) is 5.75 Å². The average molecular weight is 552 g/mol. The highest BCUT2D eigenvalue weighted by molar-refractivity contribution is 6.56. The van der Waals surface area contributed by atoms with Gasteiger partial charge in [-0.25, -0.2) is 9.18 Å². The lowest BCUT2D eigenvalue weighted by Gasteiger charge is -2.33. The Labute approximate surface area is 230 Å². The summed E-state index contributed by atoms with van der Waals surface area (Å²) in [5, 5.41) is 0.323. The molecule has 2 bridgehead atoms. The molecule has 40 heavy (non-hydrogen) atoms. The van der Waals surface area contributed by atoms with E-state index in [1.165, 1.54) is 25.3 Å². The minimum atomic E-state index is -1.04. The fraction of sp³-hybridized carbons (Fsp3) is 0.379. The lowest BCUT2D eigenvalue weighted by atomic mass is 9.88. The summed E-state index contributed by atoms with van der Waals surface area (Å²) in [6.07, 6.45) is 1.19. The van der Waals surface area contributed by atoms with Gasteiger partial charge >= 0.3 is 6.16 Å². The summed E-state index contributed by atoms with van der Waals surface area (Å²) in [6, 6.07) is 7.93. The second-order valence-corrected chi connectivity index (χ2v) is 10.1. The zero-order valence-electron chi connectivity index (χ0n) is 22.8. The number of hydrogen-bond donors (Lipinski definition) is 0. The second kappa shape index (κ2) is 10.6. The Morgan fingerprint density at radius 1 is 1.07 bits per heavy atom. The van der Waals surface area contributed by atoms with E-state index in [1.54, 1.807) is 43.0 Å². The van der Waals surface area contributed by atoms with Crippen molar-refractivity contribution < 1.29 is 37.9 Å². The highest BCUT2D eigenvalue weighted by Gasteiger charge is 2.43. The number of rotatable bonds is 7. The van der Waals surface area contributed by atoms with Crippen LogP contribution in [0.1, 0.15) is 56.5 Å². The van der Waals surface area contributed by atoms with Gasteiger partial charge in [0.25, 0.3) is 11.7 Å². The number of piperidine rings is 1. The van der Waals surface area contributed by atoms with E-state index in [-0.39, 0.29) is 40.5 Å². The Morgan fingerprint density at radius 3 is 2.35 bits per heavy atom. The SMILES string of the molecule is CCOC(=O)On1c2c(N(C)C)c3c(c(C(=O)N4CCC(Cc5ccc(F)cc5)CC4)c(OC)cc31)C(=O)C2=O. The van der Waals surface area contributed by atoms with Crippen LogP contribution in [0.15, 0.2) is 30.3 Å². The molecule has 0 saturated carbocycles. The van der Waals surface area contributed by atoms with Crippen LogP contribution in [-0.4, -0.2) is 74.2 Å². The van der Waals surface area contributed by atoms with Crippen LogP contribution in [0.3, 0.4) is 0 Å². The molecule has 1 amide bonds. The van der Waals surface area contributed by atoms with Crippen molar-refractivity contribution in [1.82, 2.24) is 9.63 Å². The molecule has 1 aliphatic heterocycles. The van der Waals surface area contributed by atoms with Gasteiger partial charge in [0.05, 0.1) is 36.0 Å². The Balaban J connectivity index is 1.52. The highest BCUT2D eigenvalue weighted by Crippen LogP contribution is 2.45. The van der Waals surface area contributed by atoms with E-state index in [4.69, 9.17) is 14.3 Å². The number of benzene rings is 2. The highest BCUT2D eigenvalue weighted by atomic mass is 19.1. The first-order valence-corrected chi connectivity index (χ1v) is 13.1. The number of fused-ring (bicyclic) bond motifs is 1. The number of ether oxygens (including phenoxy) is 2. The van der Waals surface area contributed by atoms with Crippen LogP contribution >= 0.6 is 0 Å². The monoisotopic (exact) mass is 551 g/mol. The Bertz CT molecular complexity index is 1520. The van der Waals surface area contributed by atoms with Gasteiger partial charge in [0.2, 0.25) is 5.78 Å². The van der Waals surface area contributed by atoms with Crippen molar-refractivity contribution >= 4 is 40.2 Å². The molecule has 2 aromatic carbocycles. The van der Waals surface area contributed by atoms with Crippen molar-refractivity contribution in [3.63, 3.8) is 0 Å². The number of amides is 1. The first-order chi connectivity index (χ1) is 19.2. The van der Waals surface area contributed by atoms with E-state index in [0.29, 0.717) is 30.1 Å². The molecule has 3 aromatic rings. The molecule has 10 nitrogen and oxygen atoms in total. The molecule has 11 heteroatoms. The number of ketones is 2. The van der Waals surface area contributed by atoms with Gasteiger partial charge in [-0.15, -0.1) is 0 Å². The third-order valence-electron chi connectivity index (χ3n) is 7.45. The van der Waals surface area contributed by atoms with Crippen LogP contribution in [0.2, 0.25) is 0 Å². The Morgan fingerprint density at radius 2 is 1.75 bits per heavy atom. The summed E-state index contributed by atoms with van der Waals surface area (Å²) in [5.74, 6) is -2.07. The zero-order chi connectivity index (χ0) is 28.7. The molecular formula is C29H30FN3O7. The van der Waals surface area contributed by atoms with E-state index in [1.807, 2.05) is 0 Å². The molecule has 2 aliphatic rings. The number of methoxy groups -OCH3 is 1. The number of anilines is 1. The number of carbonyl (C=O) groups excluding carboxylic acids is 4. The fourth-order valence-corrected chi connectivity index (χ4v) is 5.60. The molecule has 1 aromatic heterocycles. The van der Waals surface area contributed by atoms with Gasteiger partial charge in [0.15, 0.2) is 5.69 Å². The second-order valence-electron chi connectivity index (χ2n) is 10.1. The van der Waals surface area contributed by atoms with Crippen molar-refractivity contribution in [2.75, 3.05) is 45.8 Å². The number of halogens is 1. The van der Waals surface area contributed by atoms with Gasteiger partial charge in [-0.3, -0.25) is 14.4 Å². The van der Waals surface area contributed by atoms with E-state index in [9.17, 15) is 23.6 Å². The van der Waals surface area contributed by atoms with Gasteiger partial charge in [-0.05, 0) is 49.8 Å². The van der Waals surface area contributed by atoms with Crippen LogP contribution in [0, 0.1) is 11.7 Å². The first-order valence-electron chi connectivity index (χ1n) is 13.1. The number of Topliss-reactive ketones (excluding diaryl/α,β-unsaturated/α-hetero) is 2. The van der Waals surface area contributed by atoms with Crippen molar-refractivity contribution in [2.24, 2.45) is 5.92 Å². The number of likely N-dealkylation sites (tertiary alicyclic amines) is 1. The Hall–Kier alpha value is -4.41. The summed E-state index contributed by atoms with van der Waals surface area (Å²) in [6.45, 7) is 2.56. The molecule has 0 spiro atoms. The predicted octanol–water partition coefficient (Wildman–Crippen LogP) is 3.91. The van der Waals surface area contributed by atoms with Crippen molar-refractivity contribution in [3.8, 4) is 5.75 Å². The predicted molar refractivity (Wildman–Crippen MR) is 144 cm³/mol. The van der Waals surface area contributed by atoms with E-state index >= 15 is 0 Å². The first kappa shape index (κ1) is 27.2. The maximum absolute atomic E-state index is 13.9. The van der Waals surface area contributed by atoms with Gasteiger partial charge in [0.1, 0.15) is 11.6 Å². The van der Waals surface area contributed by atoms with Crippen molar-refractivity contribution in [1.29, 1.82) is 0 Å². The van der Waals surface area contributed by atoms with Gasteiger partial charge < -0.3 is 24.1 Å². The molecule has 0 N–H and O–H groups in total. The molecule has 1 saturated heterocycles. The summed E-state index contributed by atoms with van der Waals surface area (Å²) < 4.78 is 24.7. The molecule has 0 atom stereocenters. The van der Waals surface area contributed by atoms with E-state index < -0.39 is 23.6 Å². The van der Waals surface area contributed by atoms with E-state index in [2.05, 4.69) is 0 Å². The van der Waals surface area contributed by atoms with Crippen molar-refractivity contribution in [2.45, 2.75) is 26.2 Å². The minimum absolute atomic E-state index is 0.00738. The van der Waals surface area contributed by atoms with Crippen molar-refractivity contribution in [3.05, 3.63) is 58.5 Å². The summed E-state index contributed by atoms with van der Waals surface area (Å²) >= 11 is 0. The van der Waals surface area contributed by atoms with Gasteiger partial charge in [-0.2, -0.15) is 4.73 Å². The number of hydrogen-bond acceptors (Lipinski definition) is 8. The van der Waals surface area contributed by atoms with Crippen LogP contribution < -0.4 is 14.5 Å². The summed E-state index contributed by atoms with van der Waals surface area (Å²) in [5.41, 5.74) is 1.43. The molecule has 1 aliphatic carbocycles. The molecule has 5 rings (SSSR count). The Kier molecular flexibility index (Phi) is 7.22. The van der Waals surface area contributed by atoms with Crippen LogP contribution in [-0.2, 0) is 11.2 Å². The molecule has 1 fully saturated rings. The van der Waals surface area contributed by atoms with Gasteiger partial charge in [-0.1, -0.05) is 12.1 Å². The maximum Gasteiger partial charge on any atom is 0.533 e. The van der Waals surface area contributed by atoms with Crippen LogP contribution in [0.25, 0.3) is 10.9 Å². The lowest BCUT2D eigenvalue weighted by Crippen LogP contribution is -2.40. The van der Waals surface area contributed by atoms with E-state index in [0.717, 1.165) is 29.6 Å². The average Bonchev–Trinajstić information content (AvgIpc) is 3.23. The summed E-state index contributed by atoms with van der Waals surface area (Å²) in [7, 11) is 4.75. The summed E-state index contributed by atoms with van der Waals surface area (Å²) in [4.78, 5) is 61.7. The molecular weight excluding hydrogens is 521 g/mol. The maximum atomic E-state index is 13.9. The molecule has 210 valence electrons. The third kappa shape index (κ3) is 4.55. The third-order valence-corrected chi connectivity index (χ3v) is 7.45.